The standard InChI is InChI=1S/C17H24O2/c1-3-5-8-14-9-7-10-15(12-13-17(18)19)16(14)11-6-4-2/h7,9-10,12-13H,3-6,8,11H2,1-2H3,(H,18,19)/b13-12+. The number of carboxylic acids is 1. The third-order valence-electron chi connectivity index (χ3n) is 3.29. The molecule has 0 saturated heterocycles. The molecular formula is C17H24O2. The number of aryl methyl sites for hydroxylation is 1. The van der Waals surface area contributed by atoms with Gasteiger partial charge in [-0.1, -0.05) is 44.9 Å². The molecule has 0 aliphatic rings. The molecule has 1 aromatic carbocycles. The Morgan fingerprint density at radius 3 is 2.47 bits per heavy atom. The van der Waals surface area contributed by atoms with E-state index in [1.807, 2.05) is 12.1 Å². The highest BCUT2D eigenvalue weighted by Crippen LogP contribution is 2.21. The fourth-order valence-corrected chi connectivity index (χ4v) is 2.23. The van der Waals surface area contributed by atoms with Gasteiger partial charge >= 0.3 is 5.97 Å². The van der Waals surface area contributed by atoms with Crippen LogP contribution in [-0.2, 0) is 17.6 Å². The molecule has 1 aromatic rings. The van der Waals surface area contributed by atoms with E-state index in [9.17, 15) is 4.79 Å². The molecule has 0 radical (unpaired) electrons. The Morgan fingerprint density at radius 1 is 1.16 bits per heavy atom. The Kier molecular flexibility index (Phi) is 6.94. The van der Waals surface area contributed by atoms with E-state index in [1.54, 1.807) is 6.08 Å². The van der Waals surface area contributed by atoms with Crippen molar-refractivity contribution < 1.29 is 9.90 Å². The third-order valence-corrected chi connectivity index (χ3v) is 3.29. The van der Waals surface area contributed by atoms with Crippen molar-refractivity contribution in [1.82, 2.24) is 0 Å². The monoisotopic (exact) mass is 260 g/mol. The van der Waals surface area contributed by atoms with Crippen LogP contribution in [0.5, 0.6) is 0 Å². The first-order chi connectivity index (χ1) is 9.19. The molecule has 0 aliphatic carbocycles. The lowest BCUT2D eigenvalue weighted by Crippen LogP contribution is -1.98. The summed E-state index contributed by atoms with van der Waals surface area (Å²) in [5.74, 6) is -0.889. The van der Waals surface area contributed by atoms with Gasteiger partial charge in [0.05, 0.1) is 0 Å². The van der Waals surface area contributed by atoms with Crippen LogP contribution in [-0.4, -0.2) is 11.1 Å². The zero-order valence-electron chi connectivity index (χ0n) is 12.0. The highest BCUT2D eigenvalue weighted by molar-refractivity contribution is 5.85. The van der Waals surface area contributed by atoms with Crippen molar-refractivity contribution in [1.29, 1.82) is 0 Å². The van der Waals surface area contributed by atoms with Crippen LogP contribution in [0.3, 0.4) is 0 Å². The summed E-state index contributed by atoms with van der Waals surface area (Å²) < 4.78 is 0. The summed E-state index contributed by atoms with van der Waals surface area (Å²) in [6.07, 6.45) is 9.76. The minimum absolute atomic E-state index is 0.889. The van der Waals surface area contributed by atoms with Crippen molar-refractivity contribution >= 4 is 12.0 Å². The van der Waals surface area contributed by atoms with Gasteiger partial charge in [-0.2, -0.15) is 0 Å². The van der Waals surface area contributed by atoms with Crippen molar-refractivity contribution in [3.8, 4) is 0 Å². The average molecular weight is 260 g/mol. The number of aliphatic carboxylic acids is 1. The molecule has 0 fully saturated rings. The van der Waals surface area contributed by atoms with Gasteiger partial charge in [0.2, 0.25) is 0 Å². The van der Waals surface area contributed by atoms with Gasteiger partial charge in [0, 0.05) is 6.08 Å². The lowest BCUT2D eigenvalue weighted by Gasteiger charge is -2.12. The molecular weight excluding hydrogens is 236 g/mol. The number of carbonyl (C=O) groups is 1. The Morgan fingerprint density at radius 2 is 1.84 bits per heavy atom. The second-order valence-electron chi connectivity index (χ2n) is 4.86. The maximum absolute atomic E-state index is 10.7. The third kappa shape index (κ3) is 5.29. The van der Waals surface area contributed by atoms with Crippen molar-refractivity contribution in [2.24, 2.45) is 0 Å². The fraction of sp³-hybridized carbons (Fsp3) is 0.471. The zero-order chi connectivity index (χ0) is 14.1. The van der Waals surface area contributed by atoms with Crippen molar-refractivity contribution in [3.05, 3.63) is 41.0 Å². The quantitative estimate of drug-likeness (QED) is 0.700. The van der Waals surface area contributed by atoms with Gasteiger partial charge in [0.15, 0.2) is 0 Å². The van der Waals surface area contributed by atoms with Crippen LogP contribution in [0.2, 0.25) is 0 Å². The number of hydrogen-bond acceptors (Lipinski definition) is 1. The van der Waals surface area contributed by atoms with E-state index in [0.29, 0.717) is 0 Å². The first kappa shape index (κ1) is 15.5. The number of benzene rings is 1. The van der Waals surface area contributed by atoms with E-state index in [-0.39, 0.29) is 0 Å². The second-order valence-corrected chi connectivity index (χ2v) is 4.86. The lowest BCUT2D eigenvalue weighted by molar-refractivity contribution is -0.131. The SMILES string of the molecule is CCCCc1cccc(/C=C/C(=O)O)c1CCCC. The van der Waals surface area contributed by atoms with E-state index in [1.165, 1.54) is 30.0 Å². The molecule has 0 bridgehead atoms. The summed E-state index contributed by atoms with van der Waals surface area (Å²) in [6.45, 7) is 4.38. The van der Waals surface area contributed by atoms with E-state index in [0.717, 1.165) is 31.2 Å². The molecule has 0 atom stereocenters. The Hall–Kier alpha value is -1.57. The van der Waals surface area contributed by atoms with Crippen LogP contribution < -0.4 is 0 Å². The summed E-state index contributed by atoms with van der Waals surface area (Å²) in [7, 11) is 0. The Balaban J connectivity index is 3.02. The Bertz CT molecular complexity index is 433. The molecule has 0 aromatic heterocycles. The van der Waals surface area contributed by atoms with Crippen LogP contribution in [0.25, 0.3) is 6.08 Å². The number of carboxylic acid groups (broad SMARTS) is 1. The summed E-state index contributed by atoms with van der Waals surface area (Å²) in [5, 5.41) is 8.77. The molecule has 19 heavy (non-hydrogen) atoms. The molecule has 104 valence electrons. The largest absolute Gasteiger partial charge is 0.478 e. The highest BCUT2D eigenvalue weighted by Gasteiger charge is 2.06. The van der Waals surface area contributed by atoms with Crippen LogP contribution in [0, 0.1) is 0 Å². The minimum atomic E-state index is -0.889. The molecule has 0 spiro atoms. The maximum atomic E-state index is 10.7. The molecule has 0 amide bonds. The van der Waals surface area contributed by atoms with Gasteiger partial charge in [-0.25, -0.2) is 4.79 Å². The lowest BCUT2D eigenvalue weighted by atomic mass is 9.93. The van der Waals surface area contributed by atoms with Gasteiger partial charge < -0.3 is 5.11 Å². The average Bonchev–Trinajstić information content (AvgIpc) is 2.41. The van der Waals surface area contributed by atoms with Gasteiger partial charge in [-0.3, -0.25) is 0 Å². The van der Waals surface area contributed by atoms with Crippen molar-refractivity contribution in [3.63, 3.8) is 0 Å². The zero-order valence-corrected chi connectivity index (χ0v) is 12.0. The van der Waals surface area contributed by atoms with E-state index in [2.05, 4.69) is 19.9 Å². The summed E-state index contributed by atoms with van der Waals surface area (Å²) in [5.41, 5.74) is 3.77. The topological polar surface area (TPSA) is 37.3 Å². The highest BCUT2D eigenvalue weighted by atomic mass is 16.4. The fourth-order valence-electron chi connectivity index (χ4n) is 2.23. The first-order valence-corrected chi connectivity index (χ1v) is 7.20. The predicted octanol–water partition coefficient (Wildman–Crippen LogP) is 4.47. The van der Waals surface area contributed by atoms with Gasteiger partial charge in [-0.05, 0) is 48.4 Å². The van der Waals surface area contributed by atoms with Crippen LogP contribution >= 0.6 is 0 Å². The first-order valence-electron chi connectivity index (χ1n) is 7.20. The van der Waals surface area contributed by atoms with Crippen molar-refractivity contribution in [2.45, 2.75) is 52.4 Å². The normalized spacial score (nSPS) is 11.1. The minimum Gasteiger partial charge on any atom is -0.478 e. The number of hydrogen-bond donors (Lipinski definition) is 1. The molecule has 2 nitrogen and oxygen atoms in total. The van der Waals surface area contributed by atoms with Gasteiger partial charge in [-0.15, -0.1) is 0 Å². The van der Waals surface area contributed by atoms with Crippen molar-refractivity contribution in [2.75, 3.05) is 0 Å². The molecule has 0 aliphatic heterocycles. The number of unbranched alkanes of at least 4 members (excludes halogenated alkanes) is 2. The maximum Gasteiger partial charge on any atom is 0.328 e. The number of rotatable bonds is 8. The van der Waals surface area contributed by atoms with Gasteiger partial charge in [0.25, 0.3) is 0 Å². The van der Waals surface area contributed by atoms with Gasteiger partial charge in [0.1, 0.15) is 0 Å². The van der Waals surface area contributed by atoms with E-state index in [4.69, 9.17) is 5.11 Å². The molecule has 0 saturated carbocycles. The van der Waals surface area contributed by atoms with E-state index >= 15 is 0 Å². The predicted molar refractivity (Wildman–Crippen MR) is 80.3 cm³/mol. The van der Waals surface area contributed by atoms with Crippen LogP contribution in [0.4, 0.5) is 0 Å². The molecule has 1 rings (SSSR count). The van der Waals surface area contributed by atoms with Crippen LogP contribution in [0.1, 0.15) is 56.2 Å². The smallest absolute Gasteiger partial charge is 0.328 e. The van der Waals surface area contributed by atoms with Crippen LogP contribution in [0.15, 0.2) is 24.3 Å². The Labute approximate surface area is 116 Å². The van der Waals surface area contributed by atoms with E-state index < -0.39 is 5.97 Å². The summed E-state index contributed by atoms with van der Waals surface area (Å²) >= 11 is 0. The molecule has 0 heterocycles. The molecule has 2 heteroatoms. The molecule has 0 unspecified atom stereocenters. The molecule has 1 N–H and O–H groups in total. The second kappa shape index (κ2) is 8.52. The summed E-state index contributed by atoms with van der Waals surface area (Å²) in [6, 6.07) is 6.22. The summed E-state index contributed by atoms with van der Waals surface area (Å²) in [4.78, 5) is 10.7.